The Balaban J connectivity index is 2.25. The van der Waals surface area contributed by atoms with Crippen molar-refractivity contribution in [2.75, 3.05) is 0 Å². The summed E-state index contributed by atoms with van der Waals surface area (Å²) in [5.41, 5.74) is 1.51. The van der Waals surface area contributed by atoms with Crippen LogP contribution in [0.3, 0.4) is 0 Å². The van der Waals surface area contributed by atoms with Gasteiger partial charge >= 0.3 is 0 Å². The molecule has 0 atom stereocenters. The molecular weight excluding hydrogens is 202 g/mol. The van der Waals surface area contributed by atoms with E-state index in [1.54, 1.807) is 12.3 Å². The third-order valence-corrected chi connectivity index (χ3v) is 2.69. The fourth-order valence-electron chi connectivity index (χ4n) is 1.74. The van der Waals surface area contributed by atoms with E-state index in [-0.39, 0.29) is 6.10 Å². The number of aromatic nitrogens is 1. The zero-order chi connectivity index (χ0) is 11.5. The van der Waals surface area contributed by atoms with E-state index in [4.69, 9.17) is 4.74 Å². The molecule has 0 aromatic carbocycles. The summed E-state index contributed by atoms with van der Waals surface area (Å²) in [6.45, 7) is 3.91. The number of hydrogen-bond acceptors (Lipinski definition) is 3. The molecule has 3 nitrogen and oxygen atoms in total. The Morgan fingerprint density at radius 2 is 2.31 bits per heavy atom. The lowest BCUT2D eigenvalue weighted by molar-refractivity contribution is 0.111. The van der Waals surface area contributed by atoms with Gasteiger partial charge in [0.05, 0.1) is 17.4 Å². The maximum Gasteiger partial charge on any atom is 0.155 e. The Bertz CT molecular complexity index is 361. The Kier molecular flexibility index (Phi) is 3.22. The van der Waals surface area contributed by atoms with Gasteiger partial charge in [-0.2, -0.15) is 0 Å². The second-order valence-corrected chi connectivity index (χ2v) is 4.60. The predicted octanol–water partition coefficient (Wildman–Crippen LogP) is 2.63. The SMILES string of the molecule is CC(C)Oc1ccnc(CC2CC2)c1C=O. The molecule has 1 saturated carbocycles. The van der Waals surface area contributed by atoms with Crippen LogP contribution >= 0.6 is 0 Å². The van der Waals surface area contributed by atoms with Crippen LogP contribution in [-0.2, 0) is 6.42 Å². The Morgan fingerprint density at radius 3 is 2.88 bits per heavy atom. The molecule has 86 valence electrons. The van der Waals surface area contributed by atoms with Crippen molar-refractivity contribution < 1.29 is 9.53 Å². The standard InChI is InChI=1S/C13H17NO2/c1-9(2)16-13-5-6-14-12(11(13)8-15)7-10-3-4-10/h5-6,8-10H,3-4,7H2,1-2H3. The van der Waals surface area contributed by atoms with Crippen molar-refractivity contribution in [3.63, 3.8) is 0 Å². The van der Waals surface area contributed by atoms with E-state index in [0.717, 1.165) is 24.3 Å². The van der Waals surface area contributed by atoms with Gasteiger partial charge in [0.1, 0.15) is 5.75 Å². The summed E-state index contributed by atoms with van der Waals surface area (Å²) in [4.78, 5) is 15.4. The van der Waals surface area contributed by atoms with Gasteiger partial charge in [-0.25, -0.2) is 0 Å². The molecule has 0 spiro atoms. The monoisotopic (exact) mass is 219 g/mol. The summed E-state index contributed by atoms with van der Waals surface area (Å²) in [7, 11) is 0. The van der Waals surface area contributed by atoms with Crippen molar-refractivity contribution >= 4 is 6.29 Å². The van der Waals surface area contributed by atoms with Crippen LogP contribution in [-0.4, -0.2) is 17.4 Å². The van der Waals surface area contributed by atoms with Gasteiger partial charge in [0, 0.05) is 6.20 Å². The zero-order valence-electron chi connectivity index (χ0n) is 9.77. The number of carbonyl (C=O) groups is 1. The first-order valence-electron chi connectivity index (χ1n) is 5.80. The van der Waals surface area contributed by atoms with Gasteiger partial charge in [0.2, 0.25) is 0 Å². The van der Waals surface area contributed by atoms with E-state index < -0.39 is 0 Å². The summed E-state index contributed by atoms with van der Waals surface area (Å²) in [6, 6.07) is 1.76. The average Bonchev–Trinajstić information content (AvgIpc) is 3.01. The first kappa shape index (κ1) is 11.1. The number of rotatable bonds is 5. The van der Waals surface area contributed by atoms with Gasteiger partial charge in [0.15, 0.2) is 6.29 Å². The maximum atomic E-state index is 11.1. The van der Waals surface area contributed by atoms with E-state index in [9.17, 15) is 4.79 Å². The van der Waals surface area contributed by atoms with Gasteiger partial charge in [-0.1, -0.05) is 0 Å². The second kappa shape index (κ2) is 4.64. The van der Waals surface area contributed by atoms with Crippen LogP contribution in [0.4, 0.5) is 0 Å². The molecule has 1 aromatic rings. The van der Waals surface area contributed by atoms with Gasteiger partial charge in [0.25, 0.3) is 0 Å². The lowest BCUT2D eigenvalue weighted by Gasteiger charge is -2.13. The molecule has 0 aliphatic heterocycles. The highest BCUT2D eigenvalue weighted by atomic mass is 16.5. The maximum absolute atomic E-state index is 11.1. The van der Waals surface area contributed by atoms with Crippen molar-refractivity contribution in [3.8, 4) is 5.75 Å². The first-order valence-corrected chi connectivity index (χ1v) is 5.80. The molecule has 0 unspecified atom stereocenters. The summed E-state index contributed by atoms with van der Waals surface area (Å²) >= 11 is 0. The summed E-state index contributed by atoms with van der Waals surface area (Å²) in [5.74, 6) is 1.39. The van der Waals surface area contributed by atoms with Gasteiger partial charge < -0.3 is 4.74 Å². The molecule has 16 heavy (non-hydrogen) atoms. The molecule has 1 aliphatic carbocycles. The molecule has 1 heterocycles. The quantitative estimate of drug-likeness (QED) is 0.715. The molecule has 1 aliphatic rings. The fourth-order valence-corrected chi connectivity index (χ4v) is 1.74. The van der Waals surface area contributed by atoms with E-state index in [0.29, 0.717) is 11.3 Å². The molecule has 0 saturated heterocycles. The van der Waals surface area contributed by atoms with Crippen molar-refractivity contribution in [1.82, 2.24) is 4.98 Å². The van der Waals surface area contributed by atoms with Crippen LogP contribution in [0.1, 0.15) is 42.7 Å². The topological polar surface area (TPSA) is 39.2 Å². The van der Waals surface area contributed by atoms with Crippen LogP contribution in [0.15, 0.2) is 12.3 Å². The number of carbonyl (C=O) groups excluding carboxylic acids is 1. The van der Waals surface area contributed by atoms with E-state index in [1.165, 1.54) is 12.8 Å². The minimum Gasteiger partial charge on any atom is -0.490 e. The van der Waals surface area contributed by atoms with Crippen molar-refractivity contribution in [3.05, 3.63) is 23.5 Å². The lowest BCUT2D eigenvalue weighted by atomic mass is 10.1. The van der Waals surface area contributed by atoms with Gasteiger partial charge in [-0.3, -0.25) is 9.78 Å². The van der Waals surface area contributed by atoms with E-state index >= 15 is 0 Å². The van der Waals surface area contributed by atoms with Crippen molar-refractivity contribution in [2.24, 2.45) is 5.92 Å². The van der Waals surface area contributed by atoms with Crippen molar-refractivity contribution in [1.29, 1.82) is 0 Å². The molecule has 0 radical (unpaired) electrons. The summed E-state index contributed by atoms with van der Waals surface area (Å²) < 4.78 is 5.61. The third-order valence-electron chi connectivity index (χ3n) is 2.69. The number of pyridine rings is 1. The normalized spacial score (nSPS) is 15.2. The van der Waals surface area contributed by atoms with Crippen LogP contribution in [0, 0.1) is 5.92 Å². The summed E-state index contributed by atoms with van der Waals surface area (Å²) in [5, 5.41) is 0. The number of aldehydes is 1. The van der Waals surface area contributed by atoms with E-state index in [1.807, 2.05) is 13.8 Å². The number of hydrogen-bond donors (Lipinski definition) is 0. The Labute approximate surface area is 95.8 Å². The molecule has 1 aromatic heterocycles. The summed E-state index contributed by atoms with van der Waals surface area (Å²) in [6.07, 6.45) is 6.09. The lowest BCUT2D eigenvalue weighted by Crippen LogP contribution is -2.09. The van der Waals surface area contributed by atoms with E-state index in [2.05, 4.69) is 4.98 Å². The molecule has 0 bridgehead atoms. The largest absolute Gasteiger partial charge is 0.490 e. The van der Waals surface area contributed by atoms with Gasteiger partial charge in [-0.05, 0) is 45.1 Å². The molecule has 3 heteroatoms. The Morgan fingerprint density at radius 1 is 1.56 bits per heavy atom. The average molecular weight is 219 g/mol. The van der Waals surface area contributed by atoms with Crippen LogP contribution in [0.25, 0.3) is 0 Å². The molecule has 0 amide bonds. The van der Waals surface area contributed by atoms with Gasteiger partial charge in [-0.15, -0.1) is 0 Å². The number of ether oxygens (including phenoxy) is 1. The minimum absolute atomic E-state index is 0.0786. The van der Waals surface area contributed by atoms with Crippen LogP contribution in [0.5, 0.6) is 5.75 Å². The number of nitrogens with zero attached hydrogens (tertiary/aromatic N) is 1. The highest BCUT2D eigenvalue weighted by molar-refractivity contribution is 5.80. The molecular formula is C13H17NO2. The fraction of sp³-hybridized carbons (Fsp3) is 0.538. The highest BCUT2D eigenvalue weighted by Gasteiger charge is 2.24. The third kappa shape index (κ3) is 2.60. The second-order valence-electron chi connectivity index (χ2n) is 4.60. The molecule has 0 N–H and O–H groups in total. The zero-order valence-corrected chi connectivity index (χ0v) is 9.77. The van der Waals surface area contributed by atoms with Crippen LogP contribution in [0.2, 0.25) is 0 Å². The smallest absolute Gasteiger partial charge is 0.155 e. The first-order chi connectivity index (χ1) is 7.70. The molecule has 1 fully saturated rings. The highest BCUT2D eigenvalue weighted by Crippen LogP contribution is 2.34. The minimum atomic E-state index is 0.0786. The van der Waals surface area contributed by atoms with Crippen LogP contribution < -0.4 is 4.74 Å². The van der Waals surface area contributed by atoms with Crippen molar-refractivity contribution in [2.45, 2.75) is 39.2 Å². The molecule has 2 rings (SSSR count). The predicted molar refractivity (Wildman–Crippen MR) is 61.8 cm³/mol. The Hall–Kier alpha value is -1.38.